The highest BCUT2D eigenvalue weighted by Crippen LogP contribution is 1.85. The number of carboxylic acid groups (broad SMARTS) is 1. The SMILES string of the molecule is C1COCCO1.C=CC(=O)O.OCCO. The van der Waals surface area contributed by atoms with E-state index >= 15 is 0 Å². The zero-order chi connectivity index (χ0) is 11.9. The smallest absolute Gasteiger partial charge is 0.327 e. The average Bonchev–Trinajstić information content (AvgIpc) is 2.32. The molecule has 1 fully saturated rings. The maximum Gasteiger partial charge on any atom is 0.327 e. The van der Waals surface area contributed by atoms with Crippen molar-refractivity contribution < 1.29 is 29.6 Å². The molecule has 1 aliphatic heterocycles. The van der Waals surface area contributed by atoms with Crippen LogP contribution in [0.3, 0.4) is 0 Å². The summed E-state index contributed by atoms with van der Waals surface area (Å²) in [7, 11) is 0. The largest absolute Gasteiger partial charge is 0.478 e. The fourth-order valence-electron chi connectivity index (χ4n) is 0.440. The Kier molecular flexibility index (Phi) is 17.0. The normalized spacial score (nSPS) is 13.7. The molecule has 15 heavy (non-hydrogen) atoms. The van der Waals surface area contributed by atoms with Crippen LogP contribution in [0.2, 0.25) is 0 Å². The first-order chi connectivity index (χ1) is 7.18. The number of carboxylic acids is 1. The number of aliphatic carboxylic acids is 1. The number of ether oxygens (including phenoxy) is 2. The van der Waals surface area contributed by atoms with Crippen LogP contribution in [0.15, 0.2) is 12.7 Å². The maximum absolute atomic E-state index is 9.25. The number of aliphatic hydroxyl groups excluding tert-OH is 2. The minimum atomic E-state index is -0.981. The molecule has 0 aromatic heterocycles. The summed E-state index contributed by atoms with van der Waals surface area (Å²) in [5.74, 6) is -0.981. The molecule has 0 aliphatic carbocycles. The summed E-state index contributed by atoms with van der Waals surface area (Å²) < 4.78 is 9.89. The molecule has 1 rings (SSSR count). The molecule has 0 atom stereocenters. The van der Waals surface area contributed by atoms with Crippen LogP contribution in [-0.4, -0.2) is 60.9 Å². The topological polar surface area (TPSA) is 96.2 Å². The quantitative estimate of drug-likeness (QED) is 0.533. The van der Waals surface area contributed by atoms with Gasteiger partial charge in [-0.15, -0.1) is 0 Å². The van der Waals surface area contributed by atoms with E-state index < -0.39 is 5.97 Å². The van der Waals surface area contributed by atoms with Crippen LogP contribution in [0.1, 0.15) is 0 Å². The van der Waals surface area contributed by atoms with Crippen molar-refractivity contribution in [1.82, 2.24) is 0 Å². The molecule has 0 saturated carbocycles. The zero-order valence-electron chi connectivity index (χ0n) is 8.59. The monoisotopic (exact) mass is 222 g/mol. The van der Waals surface area contributed by atoms with Gasteiger partial charge in [0.1, 0.15) is 0 Å². The number of carbonyl (C=O) groups is 1. The van der Waals surface area contributed by atoms with Gasteiger partial charge in [0.2, 0.25) is 0 Å². The third-order valence-electron chi connectivity index (χ3n) is 1.02. The second kappa shape index (κ2) is 15.5. The van der Waals surface area contributed by atoms with Crippen molar-refractivity contribution in [2.75, 3.05) is 39.6 Å². The van der Waals surface area contributed by atoms with Crippen LogP contribution in [-0.2, 0) is 14.3 Å². The van der Waals surface area contributed by atoms with Crippen molar-refractivity contribution in [2.45, 2.75) is 0 Å². The molecule has 90 valence electrons. The highest BCUT2D eigenvalue weighted by atomic mass is 16.6. The van der Waals surface area contributed by atoms with Gasteiger partial charge in [0, 0.05) is 6.08 Å². The molecule has 0 amide bonds. The third kappa shape index (κ3) is 24.6. The third-order valence-corrected chi connectivity index (χ3v) is 1.02. The predicted octanol–water partition coefficient (Wildman–Crippen LogP) is -0.739. The van der Waals surface area contributed by atoms with Gasteiger partial charge in [-0.2, -0.15) is 0 Å². The first kappa shape index (κ1) is 16.5. The van der Waals surface area contributed by atoms with E-state index in [1.54, 1.807) is 0 Å². The molecule has 0 radical (unpaired) electrons. The number of hydrogen-bond acceptors (Lipinski definition) is 5. The van der Waals surface area contributed by atoms with E-state index in [1.165, 1.54) is 0 Å². The Morgan fingerprint density at radius 1 is 1.13 bits per heavy atom. The van der Waals surface area contributed by atoms with Crippen molar-refractivity contribution in [3.05, 3.63) is 12.7 Å². The maximum atomic E-state index is 9.25. The van der Waals surface area contributed by atoms with E-state index in [-0.39, 0.29) is 13.2 Å². The molecular weight excluding hydrogens is 204 g/mol. The molecule has 6 heteroatoms. The van der Waals surface area contributed by atoms with E-state index in [0.29, 0.717) is 0 Å². The van der Waals surface area contributed by atoms with Crippen molar-refractivity contribution in [3.8, 4) is 0 Å². The lowest BCUT2D eigenvalue weighted by molar-refractivity contribution is -0.131. The van der Waals surface area contributed by atoms with Crippen molar-refractivity contribution >= 4 is 5.97 Å². The Labute approximate surface area is 88.7 Å². The summed E-state index contributed by atoms with van der Waals surface area (Å²) in [5.41, 5.74) is 0. The summed E-state index contributed by atoms with van der Waals surface area (Å²) in [5, 5.41) is 22.9. The molecule has 0 aromatic rings. The lowest BCUT2D eigenvalue weighted by Crippen LogP contribution is -2.16. The van der Waals surface area contributed by atoms with Gasteiger partial charge in [-0.3, -0.25) is 0 Å². The molecule has 1 heterocycles. The second-order valence-corrected chi connectivity index (χ2v) is 2.21. The minimum absolute atomic E-state index is 0.125. The van der Waals surface area contributed by atoms with Gasteiger partial charge < -0.3 is 24.8 Å². The minimum Gasteiger partial charge on any atom is -0.478 e. The average molecular weight is 222 g/mol. The van der Waals surface area contributed by atoms with Crippen LogP contribution in [0.25, 0.3) is 0 Å². The van der Waals surface area contributed by atoms with Crippen LogP contribution in [0.4, 0.5) is 0 Å². The predicted molar refractivity (Wildman–Crippen MR) is 53.6 cm³/mol. The van der Waals surface area contributed by atoms with Gasteiger partial charge in [0.05, 0.1) is 39.6 Å². The first-order valence-electron chi connectivity index (χ1n) is 4.41. The van der Waals surface area contributed by atoms with E-state index in [4.69, 9.17) is 24.8 Å². The van der Waals surface area contributed by atoms with E-state index in [0.717, 1.165) is 32.5 Å². The Morgan fingerprint density at radius 3 is 1.47 bits per heavy atom. The summed E-state index contributed by atoms with van der Waals surface area (Å²) >= 11 is 0. The lowest BCUT2D eigenvalue weighted by atomic mass is 10.6. The molecule has 1 saturated heterocycles. The number of aliphatic hydroxyl groups is 2. The summed E-state index contributed by atoms with van der Waals surface area (Å²) in [6.07, 6.45) is 0.833. The Hall–Kier alpha value is -0.950. The van der Waals surface area contributed by atoms with E-state index in [2.05, 4.69) is 6.58 Å². The Morgan fingerprint density at radius 2 is 1.40 bits per heavy atom. The Balaban J connectivity index is 0. The van der Waals surface area contributed by atoms with E-state index in [1.807, 2.05) is 0 Å². The van der Waals surface area contributed by atoms with Gasteiger partial charge in [0.15, 0.2) is 0 Å². The molecule has 0 bridgehead atoms. The van der Waals surface area contributed by atoms with E-state index in [9.17, 15) is 4.79 Å². The molecule has 6 nitrogen and oxygen atoms in total. The molecule has 0 spiro atoms. The molecule has 3 N–H and O–H groups in total. The van der Waals surface area contributed by atoms with Crippen molar-refractivity contribution in [3.63, 3.8) is 0 Å². The van der Waals surface area contributed by atoms with Gasteiger partial charge in [-0.1, -0.05) is 6.58 Å². The first-order valence-corrected chi connectivity index (χ1v) is 4.41. The van der Waals surface area contributed by atoms with Crippen LogP contribution in [0.5, 0.6) is 0 Å². The highest BCUT2D eigenvalue weighted by molar-refractivity contribution is 5.78. The lowest BCUT2D eigenvalue weighted by Gasteiger charge is -2.09. The van der Waals surface area contributed by atoms with Gasteiger partial charge in [-0.25, -0.2) is 4.79 Å². The standard InChI is InChI=1S/C4H8O2.C3H4O2.C2H6O2/c1-2-6-4-3-5-1;1-2-3(4)5;3-1-2-4/h1-4H2;2H,1H2,(H,4,5);3-4H,1-2H2. The summed E-state index contributed by atoms with van der Waals surface area (Å²) in [4.78, 5) is 9.25. The summed E-state index contributed by atoms with van der Waals surface area (Å²) in [6.45, 7) is 5.82. The van der Waals surface area contributed by atoms with Crippen molar-refractivity contribution in [1.29, 1.82) is 0 Å². The zero-order valence-corrected chi connectivity index (χ0v) is 8.59. The van der Waals surface area contributed by atoms with Gasteiger partial charge in [0.25, 0.3) is 0 Å². The Bertz CT molecular complexity index is 130. The van der Waals surface area contributed by atoms with Gasteiger partial charge in [-0.05, 0) is 0 Å². The highest BCUT2D eigenvalue weighted by Gasteiger charge is 1.94. The second-order valence-electron chi connectivity index (χ2n) is 2.21. The van der Waals surface area contributed by atoms with Crippen LogP contribution < -0.4 is 0 Å². The number of hydrogen-bond donors (Lipinski definition) is 3. The van der Waals surface area contributed by atoms with Crippen LogP contribution in [0, 0.1) is 0 Å². The van der Waals surface area contributed by atoms with Crippen LogP contribution >= 0.6 is 0 Å². The molecule has 1 aliphatic rings. The fourth-order valence-corrected chi connectivity index (χ4v) is 0.440. The molecule has 0 unspecified atom stereocenters. The summed E-state index contributed by atoms with van der Waals surface area (Å²) in [6, 6.07) is 0. The molecule has 0 aromatic carbocycles. The van der Waals surface area contributed by atoms with Crippen molar-refractivity contribution in [2.24, 2.45) is 0 Å². The number of rotatable bonds is 2. The van der Waals surface area contributed by atoms with Gasteiger partial charge >= 0.3 is 5.97 Å². The molecular formula is C9H18O6. The fraction of sp³-hybridized carbons (Fsp3) is 0.667.